The predicted molar refractivity (Wildman–Crippen MR) is 89.4 cm³/mol. The Morgan fingerprint density at radius 3 is 2.50 bits per heavy atom. The third-order valence-electron chi connectivity index (χ3n) is 3.18. The Kier molecular flexibility index (Phi) is 5.44. The molecule has 2 aromatic carbocycles. The Bertz CT molecular complexity index is 568. The van der Waals surface area contributed by atoms with Crippen LogP contribution in [-0.2, 0) is 0 Å². The number of fused-ring (bicyclic) bond motifs is 1. The van der Waals surface area contributed by atoms with Gasteiger partial charge in [0.05, 0.1) is 6.61 Å². The van der Waals surface area contributed by atoms with E-state index in [4.69, 9.17) is 4.74 Å². The highest BCUT2D eigenvalue weighted by molar-refractivity contribution is 9.10. The van der Waals surface area contributed by atoms with E-state index in [0.717, 1.165) is 23.4 Å². The first-order valence-electron chi connectivity index (χ1n) is 7.10. The minimum absolute atomic E-state index is 0.498. The van der Waals surface area contributed by atoms with Gasteiger partial charge in [-0.05, 0) is 35.0 Å². The van der Waals surface area contributed by atoms with E-state index in [2.05, 4.69) is 72.3 Å². The summed E-state index contributed by atoms with van der Waals surface area (Å²) in [4.78, 5) is 0. The molecular weight excluding hydrogens is 314 g/mol. The van der Waals surface area contributed by atoms with E-state index in [1.807, 2.05) is 6.07 Å². The van der Waals surface area contributed by atoms with Gasteiger partial charge in [-0.15, -0.1) is 0 Å². The number of benzene rings is 2. The van der Waals surface area contributed by atoms with Crippen molar-refractivity contribution in [3.05, 3.63) is 40.9 Å². The van der Waals surface area contributed by atoms with Crippen LogP contribution in [-0.4, -0.2) is 19.2 Å². The van der Waals surface area contributed by atoms with Gasteiger partial charge >= 0.3 is 0 Å². The maximum absolute atomic E-state index is 5.89. The summed E-state index contributed by atoms with van der Waals surface area (Å²) < 4.78 is 6.99. The molecule has 0 bridgehead atoms. The summed E-state index contributed by atoms with van der Waals surface area (Å²) in [5.41, 5.74) is 0. The molecule has 0 radical (unpaired) electrons. The fourth-order valence-corrected chi connectivity index (χ4v) is 2.40. The molecule has 0 saturated carbocycles. The summed E-state index contributed by atoms with van der Waals surface area (Å²) in [6.45, 7) is 8.25. The Morgan fingerprint density at radius 1 is 1.05 bits per heavy atom. The maximum atomic E-state index is 5.89. The van der Waals surface area contributed by atoms with Gasteiger partial charge in [-0.2, -0.15) is 0 Å². The van der Waals surface area contributed by atoms with Gasteiger partial charge in [0.15, 0.2) is 0 Å². The second-order valence-corrected chi connectivity index (χ2v) is 6.55. The van der Waals surface area contributed by atoms with E-state index in [-0.39, 0.29) is 0 Å². The molecular formula is C17H22BrNO. The summed E-state index contributed by atoms with van der Waals surface area (Å²) in [6, 6.07) is 13.1. The van der Waals surface area contributed by atoms with E-state index >= 15 is 0 Å². The first-order chi connectivity index (χ1) is 9.54. The Morgan fingerprint density at radius 2 is 1.75 bits per heavy atom. The topological polar surface area (TPSA) is 21.3 Å². The lowest BCUT2D eigenvalue weighted by Crippen LogP contribution is -2.30. The van der Waals surface area contributed by atoms with Gasteiger partial charge in [0.1, 0.15) is 5.75 Å². The first-order valence-corrected chi connectivity index (χ1v) is 7.89. The van der Waals surface area contributed by atoms with E-state index in [0.29, 0.717) is 12.0 Å². The van der Waals surface area contributed by atoms with Crippen LogP contribution in [0.4, 0.5) is 0 Å². The summed E-state index contributed by atoms with van der Waals surface area (Å²) >= 11 is 3.49. The van der Waals surface area contributed by atoms with Crippen LogP contribution >= 0.6 is 15.9 Å². The summed E-state index contributed by atoms with van der Waals surface area (Å²) in [6.07, 6.45) is 0. The van der Waals surface area contributed by atoms with Gasteiger partial charge in [0.25, 0.3) is 0 Å². The van der Waals surface area contributed by atoms with E-state index < -0.39 is 0 Å². The molecule has 0 saturated heterocycles. The zero-order valence-electron chi connectivity index (χ0n) is 12.3. The largest absolute Gasteiger partial charge is 0.493 e. The third-order valence-corrected chi connectivity index (χ3v) is 3.68. The predicted octanol–water partition coefficient (Wildman–Crippen LogP) is 4.62. The highest BCUT2D eigenvalue weighted by atomic mass is 79.9. The van der Waals surface area contributed by atoms with Gasteiger partial charge in [0, 0.05) is 23.0 Å². The van der Waals surface area contributed by atoms with Crippen molar-refractivity contribution in [2.45, 2.75) is 26.8 Å². The molecule has 0 aliphatic rings. The van der Waals surface area contributed by atoms with Crippen molar-refractivity contribution < 1.29 is 4.74 Å². The van der Waals surface area contributed by atoms with Crippen molar-refractivity contribution in [1.82, 2.24) is 5.32 Å². The minimum Gasteiger partial charge on any atom is -0.493 e. The second-order valence-electron chi connectivity index (χ2n) is 5.63. The average Bonchev–Trinajstić information content (AvgIpc) is 2.42. The quantitative estimate of drug-likeness (QED) is 0.831. The number of rotatable bonds is 6. The molecule has 0 fully saturated rings. The number of nitrogens with one attached hydrogen (secondary N) is 1. The minimum atomic E-state index is 0.498. The zero-order chi connectivity index (χ0) is 14.5. The summed E-state index contributed by atoms with van der Waals surface area (Å²) in [7, 11) is 0. The SMILES string of the molecule is CC(CNC(C)C)COc1ccc2cc(Br)ccc2c1. The first kappa shape index (κ1) is 15.3. The summed E-state index contributed by atoms with van der Waals surface area (Å²) in [5.74, 6) is 1.44. The molecule has 0 aromatic heterocycles. The van der Waals surface area contributed by atoms with Crippen LogP contribution in [0.25, 0.3) is 10.8 Å². The van der Waals surface area contributed by atoms with Crippen LogP contribution in [0.5, 0.6) is 5.75 Å². The van der Waals surface area contributed by atoms with Crippen molar-refractivity contribution in [1.29, 1.82) is 0 Å². The molecule has 0 amide bonds. The fourth-order valence-electron chi connectivity index (χ4n) is 2.02. The van der Waals surface area contributed by atoms with Crippen molar-refractivity contribution >= 4 is 26.7 Å². The Hall–Kier alpha value is -1.06. The lowest BCUT2D eigenvalue weighted by Gasteiger charge is -2.16. The lowest BCUT2D eigenvalue weighted by atomic mass is 10.1. The molecule has 20 heavy (non-hydrogen) atoms. The molecule has 2 nitrogen and oxygen atoms in total. The van der Waals surface area contributed by atoms with Crippen LogP contribution in [0.1, 0.15) is 20.8 Å². The van der Waals surface area contributed by atoms with E-state index in [1.165, 1.54) is 10.8 Å². The molecule has 1 N–H and O–H groups in total. The van der Waals surface area contributed by atoms with Crippen molar-refractivity contribution in [3.8, 4) is 5.75 Å². The van der Waals surface area contributed by atoms with Crippen molar-refractivity contribution in [2.75, 3.05) is 13.2 Å². The third kappa shape index (κ3) is 4.50. The smallest absolute Gasteiger partial charge is 0.119 e. The molecule has 2 rings (SSSR count). The highest BCUT2D eigenvalue weighted by Crippen LogP contribution is 2.24. The number of ether oxygens (including phenoxy) is 1. The molecule has 1 unspecified atom stereocenters. The number of hydrogen-bond donors (Lipinski definition) is 1. The molecule has 2 aromatic rings. The maximum Gasteiger partial charge on any atom is 0.119 e. The molecule has 0 aliphatic carbocycles. The van der Waals surface area contributed by atoms with Crippen molar-refractivity contribution in [2.24, 2.45) is 5.92 Å². The number of halogens is 1. The molecule has 0 aliphatic heterocycles. The van der Waals surface area contributed by atoms with Gasteiger partial charge in [-0.25, -0.2) is 0 Å². The Labute approximate surface area is 129 Å². The van der Waals surface area contributed by atoms with Crippen LogP contribution in [0, 0.1) is 5.92 Å². The average molecular weight is 336 g/mol. The molecule has 3 heteroatoms. The lowest BCUT2D eigenvalue weighted by molar-refractivity contribution is 0.253. The van der Waals surface area contributed by atoms with E-state index in [1.54, 1.807) is 0 Å². The van der Waals surface area contributed by atoms with Crippen LogP contribution < -0.4 is 10.1 Å². The van der Waals surface area contributed by atoms with Gasteiger partial charge < -0.3 is 10.1 Å². The highest BCUT2D eigenvalue weighted by Gasteiger charge is 2.05. The van der Waals surface area contributed by atoms with Gasteiger partial charge in [-0.3, -0.25) is 0 Å². The molecule has 0 spiro atoms. The Balaban J connectivity index is 1.94. The molecule has 1 atom stereocenters. The second kappa shape index (κ2) is 7.09. The normalized spacial score (nSPS) is 12.8. The van der Waals surface area contributed by atoms with Crippen LogP contribution in [0.3, 0.4) is 0 Å². The fraction of sp³-hybridized carbons (Fsp3) is 0.412. The standard InChI is InChI=1S/C17H22BrNO/c1-12(2)19-10-13(3)11-20-17-7-5-14-8-16(18)6-4-15(14)9-17/h4-9,12-13,19H,10-11H2,1-3H3. The molecule has 0 heterocycles. The van der Waals surface area contributed by atoms with Crippen LogP contribution in [0.2, 0.25) is 0 Å². The molecule has 108 valence electrons. The van der Waals surface area contributed by atoms with Crippen molar-refractivity contribution in [3.63, 3.8) is 0 Å². The number of hydrogen-bond acceptors (Lipinski definition) is 2. The summed E-state index contributed by atoms with van der Waals surface area (Å²) in [5, 5.41) is 5.86. The monoisotopic (exact) mass is 335 g/mol. The van der Waals surface area contributed by atoms with Crippen LogP contribution in [0.15, 0.2) is 40.9 Å². The van der Waals surface area contributed by atoms with Gasteiger partial charge in [0.2, 0.25) is 0 Å². The van der Waals surface area contributed by atoms with Gasteiger partial charge in [-0.1, -0.05) is 48.8 Å². The van der Waals surface area contributed by atoms with E-state index in [9.17, 15) is 0 Å². The zero-order valence-corrected chi connectivity index (χ0v) is 13.9.